The third kappa shape index (κ3) is 4.41. The number of ketones is 1. The second kappa shape index (κ2) is 9.80. The van der Waals surface area contributed by atoms with Crippen LogP contribution in [0, 0.1) is 6.92 Å². The van der Waals surface area contributed by atoms with Crippen molar-refractivity contribution in [3.05, 3.63) is 29.3 Å². The van der Waals surface area contributed by atoms with Crippen LogP contribution in [-0.2, 0) is 9.53 Å². The van der Waals surface area contributed by atoms with Crippen LogP contribution in [0.5, 0.6) is 17.2 Å². The molecule has 5 atom stereocenters. The topological polar surface area (TPSA) is 163 Å². The molecule has 1 aliphatic rings. The first-order valence-corrected chi connectivity index (χ1v) is 10.0. The molecule has 0 spiro atoms. The lowest BCUT2D eigenvalue weighted by atomic mass is 9.95. The Bertz CT molecular complexity index is 1000. The minimum atomic E-state index is -1.67. The van der Waals surface area contributed by atoms with Crippen molar-refractivity contribution in [1.82, 2.24) is 0 Å². The number of rotatable bonds is 8. The van der Waals surface area contributed by atoms with Gasteiger partial charge in [0.05, 0.1) is 24.7 Å². The number of phenolic OH excluding ortho intramolecular Hbond substituents is 1. The Kier molecular flexibility index (Phi) is 7.32. The van der Waals surface area contributed by atoms with Crippen LogP contribution in [0.3, 0.4) is 0 Å². The summed E-state index contributed by atoms with van der Waals surface area (Å²) >= 11 is 0. The summed E-state index contributed by atoms with van der Waals surface area (Å²) in [6.07, 6.45) is -7.04. The van der Waals surface area contributed by atoms with E-state index in [1.807, 2.05) is 0 Å². The van der Waals surface area contributed by atoms with Gasteiger partial charge in [-0.15, -0.1) is 0 Å². The fraction of sp³-hybridized carbons (Fsp3) is 0.455. The molecule has 32 heavy (non-hydrogen) atoms. The molecule has 1 heterocycles. The number of aldehydes is 1. The molecule has 0 bridgehead atoms. The van der Waals surface area contributed by atoms with Gasteiger partial charge in [0.15, 0.2) is 5.78 Å². The molecule has 0 unspecified atom stereocenters. The number of hydrogen-bond acceptors (Lipinski definition) is 10. The first kappa shape index (κ1) is 23.9. The van der Waals surface area contributed by atoms with Gasteiger partial charge >= 0.3 is 0 Å². The molecule has 3 rings (SSSR count). The van der Waals surface area contributed by atoms with Crippen molar-refractivity contribution in [3.8, 4) is 17.2 Å². The van der Waals surface area contributed by atoms with Gasteiger partial charge < -0.3 is 44.5 Å². The number of methoxy groups -OCH3 is 1. The maximum Gasteiger partial charge on any atom is 0.229 e. The second-order valence-corrected chi connectivity index (χ2v) is 7.58. The lowest BCUT2D eigenvalue weighted by Crippen LogP contribution is -2.60. The van der Waals surface area contributed by atoms with E-state index in [9.17, 15) is 35.1 Å². The van der Waals surface area contributed by atoms with Crippen molar-refractivity contribution in [1.29, 1.82) is 0 Å². The lowest BCUT2D eigenvalue weighted by molar-refractivity contribution is -0.277. The predicted molar refractivity (Wildman–Crippen MR) is 111 cm³/mol. The molecule has 2 aromatic carbocycles. The zero-order valence-electron chi connectivity index (χ0n) is 17.6. The number of aliphatic hydroxyl groups is 4. The molecule has 174 valence electrons. The standard InChI is InChI=1S/C22H26O10/c1-10-6-11-7-12(30-2)8-14(17(11)19(27)16(10)13(25)4-3-5-23)31-22-21(29)20(28)18(26)15(9-24)32-22/h5-8,15,18,20-22,24,26-29H,3-4,9H2,1-2H3/t15-,18-,20+,21-,22-/m1/s1. The monoisotopic (exact) mass is 450 g/mol. The number of aromatic hydroxyl groups is 1. The van der Waals surface area contributed by atoms with E-state index < -0.39 is 43.1 Å². The number of aliphatic hydroxyl groups excluding tert-OH is 4. The molecule has 10 nitrogen and oxygen atoms in total. The van der Waals surface area contributed by atoms with Gasteiger partial charge in [0.1, 0.15) is 48.0 Å². The Balaban J connectivity index is 2.10. The van der Waals surface area contributed by atoms with E-state index in [2.05, 4.69) is 0 Å². The molecule has 0 aliphatic carbocycles. The Morgan fingerprint density at radius 2 is 1.88 bits per heavy atom. The smallest absolute Gasteiger partial charge is 0.229 e. The third-order valence-electron chi connectivity index (χ3n) is 5.44. The molecule has 1 saturated heterocycles. The second-order valence-electron chi connectivity index (χ2n) is 7.58. The van der Waals surface area contributed by atoms with Crippen LogP contribution in [0.25, 0.3) is 10.8 Å². The Morgan fingerprint density at radius 3 is 2.50 bits per heavy atom. The zero-order chi connectivity index (χ0) is 23.6. The summed E-state index contributed by atoms with van der Waals surface area (Å²) in [7, 11) is 1.42. The van der Waals surface area contributed by atoms with E-state index >= 15 is 0 Å². The molecule has 1 fully saturated rings. The fourth-order valence-electron chi connectivity index (χ4n) is 3.76. The molecule has 0 aromatic heterocycles. The van der Waals surface area contributed by atoms with E-state index in [1.165, 1.54) is 13.2 Å². The molecule has 1 aliphatic heterocycles. The average Bonchev–Trinajstić information content (AvgIpc) is 2.77. The first-order chi connectivity index (χ1) is 15.2. The largest absolute Gasteiger partial charge is 0.506 e. The highest BCUT2D eigenvalue weighted by atomic mass is 16.7. The van der Waals surface area contributed by atoms with Gasteiger partial charge in [0.25, 0.3) is 0 Å². The SMILES string of the molecule is COc1cc(O[C@@H]2O[C@H](CO)[C@@H](O)[C@H](O)[C@H]2O)c2c(O)c(C(=O)CCC=O)c(C)cc2c1. The highest BCUT2D eigenvalue weighted by molar-refractivity contribution is 6.08. The van der Waals surface area contributed by atoms with Gasteiger partial charge in [-0.05, 0) is 23.9 Å². The van der Waals surface area contributed by atoms with Crippen molar-refractivity contribution >= 4 is 22.8 Å². The Morgan fingerprint density at radius 1 is 1.16 bits per heavy atom. The molecule has 0 saturated carbocycles. The average molecular weight is 450 g/mol. The van der Waals surface area contributed by atoms with Crippen molar-refractivity contribution in [2.75, 3.05) is 13.7 Å². The van der Waals surface area contributed by atoms with Crippen molar-refractivity contribution < 1.29 is 49.3 Å². The number of benzene rings is 2. The summed E-state index contributed by atoms with van der Waals surface area (Å²) in [5.41, 5.74) is 0.515. The van der Waals surface area contributed by atoms with Crippen LogP contribution in [0.15, 0.2) is 18.2 Å². The third-order valence-corrected chi connectivity index (χ3v) is 5.44. The van der Waals surface area contributed by atoms with E-state index in [0.29, 0.717) is 23.0 Å². The highest BCUT2D eigenvalue weighted by Gasteiger charge is 2.45. The lowest BCUT2D eigenvalue weighted by Gasteiger charge is -2.39. The van der Waals surface area contributed by atoms with Crippen LogP contribution in [-0.4, -0.2) is 82.0 Å². The minimum Gasteiger partial charge on any atom is -0.506 e. The number of Topliss-reactive ketones (excluding diaryl/α,β-unsaturated/α-hetero) is 1. The first-order valence-electron chi connectivity index (χ1n) is 10.0. The van der Waals surface area contributed by atoms with Gasteiger partial charge in [-0.1, -0.05) is 6.07 Å². The summed E-state index contributed by atoms with van der Waals surface area (Å²) in [6, 6.07) is 4.66. The van der Waals surface area contributed by atoms with Gasteiger partial charge in [-0.2, -0.15) is 0 Å². The molecule has 0 amide bonds. The Hall–Kier alpha value is -2.76. The summed E-state index contributed by atoms with van der Waals surface area (Å²) < 4.78 is 16.4. The van der Waals surface area contributed by atoms with Gasteiger partial charge in [-0.25, -0.2) is 0 Å². The van der Waals surface area contributed by atoms with Crippen molar-refractivity contribution in [3.63, 3.8) is 0 Å². The van der Waals surface area contributed by atoms with Crippen LogP contribution in [0.1, 0.15) is 28.8 Å². The van der Waals surface area contributed by atoms with E-state index in [-0.39, 0.29) is 35.3 Å². The summed E-state index contributed by atoms with van der Waals surface area (Å²) in [5, 5.41) is 51.3. The van der Waals surface area contributed by atoms with Gasteiger partial charge in [0.2, 0.25) is 6.29 Å². The highest BCUT2D eigenvalue weighted by Crippen LogP contribution is 2.42. The van der Waals surface area contributed by atoms with Crippen LogP contribution in [0.4, 0.5) is 0 Å². The number of aryl methyl sites for hydroxylation is 1. The fourth-order valence-corrected chi connectivity index (χ4v) is 3.76. The predicted octanol–water partition coefficient (Wildman–Crippen LogP) is 0.203. The number of carbonyl (C=O) groups is 2. The number of phenols is 1. The molecule has 5 N–H and O–H groups in total. The van der Waals surface area contributed by atoms with Crippen LogP contribution < -0.4 is 9.47 Å². The normalized spacial score (nSPS) is 25.5. The zero-order valence-corrected chi connectivity index (χ0v) is 17.6. The summed E-state index contributed by atoms with van der Waals surface area (Å²) in [4.78, 5) is 23.2. The minimum absolute atomic E-state index is 0.00654. The number of ether oxygens (including phenoxy) is 3. The Labute approximate surface area is 183 Å². The summed E-state index contributed by atoms with van der Waals surface area (Å²) in [5.74, 6) is -0.483. The van der Waals surface area contributed by atoms with Crippen molar-refractivity contribution in [2.45, 2.75) is 50.5 Å². The molecular formula is C22H26O10. The van der Waals surface area contributed by atoms with E-state index in [1.54, 1.807) is 19.1 Å². The molecule has 10 heteroatoms. The van der Waals surface area contributed by atoms with Crippen LogP contribution in [0.2, 0.25) is 0 Å². The maximum atomic E-state index is 12.6. The van der Waals surface area contributed by atoms with Gasteiger partial charge in [-0.3, -0.25) is 4.79 Å². The number of hydrogen-bond donors (Lipinski definition) is 5. The van der Waals surface area contributed by atoms with Gasteiger partial charge in [0, 0.05) is 18.9 Å². The van der Waals surface area contributed by atoms with Crippen molar-refractivity contribution in [2.24, 2.45) is 0 Å². The number of fused-ring (bicyclic) bond motifs is 1. The van der Waals surface area contributed by atoms with E-state index in [4.69, 9.17) is 14.2 Å². The van der Waals surface area contributed by atoms with Crippen LogP contribution >= 0.6 is 0 Å². The maximum absolute atomic E-state index is 12.6. The summed E-state index contributed by atoms with van der Waals surface area (Å²) in [6.45, 7) is 1.01. The molecule has 0 radical (unpaired) electrons. The van der Waals surface area contributed by atoms with E-state index in [0.717, 1.165) is 0 Å². The molecular weight excluding hydrogens is 424 g/mol. The molecule has 2 aromatic rings. The quantitative estimate of drug-likeness (QED) is 0.277. The number of carbonyl (C=O) groups excluding carboxylic acids is 2.